The van der Waals surface area contributed by atoms with Gasteiger partial charge in [-0.3, -0.25) is 9.51 Å². The van der Waals surface area contributed by atoms with Crippen molar-refractivity contribution in [1.29, 1.82) is 0 Å². The van der Waals surface area contributed by atoms with Crippen LogP contribution in [0.5, 0.6) is 0 Å². The van der Waals surface area contributed by atoms with Crippen LogP contribution in [0, 0.1) is 5.92 Å². The van der Waals surface area contributed by atoms with Gasteiger partial charge in [0.1, 0.15) is 5.52 Å². The second-order valence-electron chi connectivity index (χ2n) is 11.7. The Morgan fingerprint density at radius 2 is 1.86 bits per heavy atom. The lowest BCUT2D eigenvalue weighted by atomic mass is 9.80. The van der Waals surface area contributed by atoms with E-state index in [2.05, 4.69) is 44.4 Å². The quantitative estimate of drug-likeness (QED) is 0.223. The first-order chi connectivity index (χ1) is 21.2. The van der Waals surface area contributed by atoms with Gasteiger partial charge in [-0.2, -0.15) is 18.2 Å². The predicted molar refractivity (Wildman–Crippen MR) is 158 cm³/mol. The first kappa shape index (κ1) is 28.1. The van der Waals surface area contributed by atoms with E-state index in [0.717, 1.165) is 37.8 Å². The Hall–Kier alpha value is -4.68. The number of alkyl halides is 3. The zero-order chi connectivity index (χ0) is 30.6. The average molecular weight is 605 g/mol. The molecule has 3 aromatic heterocycles. The second-order valence-corrected chi connectivity index (χ2v) is 11.7. The van der Waals surface area contributed by atoms with E-state index in [9.17, 15) is 18.0 Å². The largest absolute Gasteiger partial charge is 0.439 e. The molecule has 5 aromatic rings. The summed E-state index contributed by atoms with van der Waals surface area (Å²) in [5, 5.41) is 7.36. The van der Waals surface area contributed by atoms with Gasteiger partial charge in [0.25, 0.3) is 0 Å². The molecule has 0 spiro atoms. The molecule has 1 saturated carbocycles. The molecule has 0 aliphatic heterocycles. The summed E-state index contributed by atoms with van der Waals surface area (Å²) >= 11 is 0. The molecule has 0 radical (unpaired) electrons. The van der Waals surface area contributed by atoms with E-state index in [1.165, 1.54) is 29.7 Å². The molecule has 2 unspecified atom stereocenters. The van der Waals surface area contributed by atoms with Crippen LogP contribution in [0.25, 0.3) is 22.8 Å². The smallest absolute Gasteiger partial charge is 0.365 e. The fraction of sp³-hybridized carbons (Fsp3) is 0.387. The van der Waals surface area contributed by atoms with Crippen molar-refractivity contribution in [2.75, 3.05) is 17.3 Å². The monoisotopic (exact) mass is 604 g/mol. The fourth-order valence-corrected chi connectivity index (χ4v) is 6.31. The number of hydrogen-bond acceptors (Lipinski definition) is 8. The van der Waals surface area contributed by atoms with Crippen molar-refractivity contribution in [3.8, 4) is 11.6 Å². The Labute approximate surface area is 250 Å². The van der Waals surface area contributed by atoms with Crippen LogP contribution in [-0.4, -0.2) is 42.7 Å². The first-order valence-electron chi connectivity index (χ1n) is 14.7. The van der Waals surface area contributed by atoms with Crippen molar-refractivity contribution < 1.29 is 17.7 Å². The maximum Gasteiger partial charge on any atom is 0.439 e. The number of imidazole rings is 1. The molecular formula is C31H31F3N8O2. The van der Waals surface area contributed by atoms with Gasteiger partial charge < -0.3 is 14.8 Å². The summed E-state index contributed by atoms with van der Waals surface area (Å²) in [6.07, 6.45) is 0.769. The molecule has 228 valence electrons. The van der Waals surface area contributed by atoms with Crippen LogP contribution in [0.1, 0.15) is 60.9 Å². The van der Waals surface area contributed by atoms with Gasteiger partial charge in [0.2, 0.25) is 17.6 Å². The van der Waals surface area contributed by atoms with Crippen LogP contribution in [0.15, 0.2) is 57.8 Å². The molecule has 2 aromatic carbocycles. The van der Waals surface area contributed by atoms with Crippen molar-refractivity contribution in [2.24, 2.45) is 5.92 Å². The van der Waals surface area contributed by atoms with Gasteiger partial charge in [0.15, 0.2) is 11.5 Å². The van der Waals surface area contributed by atoms with E-state index < -0.39 is 17.5 Å². The summed E-state index contributed by atoms with van der Waals surface area (Å²) in [4.78, 5) is 30.8. The van der Waals surface area contributed by atoms with Crippen LogP contribution in [0.2, 0.25) is 0 Å². The van der Waals surface area contributed by atoms with E-state index in [-0.39, 0.29) is 30.3 Å². The molecule has 0 saturated heterocycles. The lowest BCUT2D eigenvalue weighted by Crippen LogP contribution is -2.31. The molecule has 2 N–H and O–H groups in total. The van der Waals surface area contributed by atoms with E-state index in [0.29, 0.717) is 34.4 Å². The Morgan fingerprint density at radius 3 is 2.55 bits per heavy atom. The average Bonchev–Trinajstić information content (AvgIpc) is 3.68. The van der Waals surface area contributed by atoms with Crippen molar-refractivity contribution >= 4 is 22.9 Å². The lowest BCUT2D eigenvalue weighted by molar-refractivity contribution is -0.137. The van der Waals surface area contributed by atoms with Crippen LogP contribution in [-0.2, 0) is 19.1 Å². The number of nitrogens with one attached hydrogen (secondary N) is 2. The maximum absolute atomic E-state index is 13.3. The van der Waals surface area contributed by atoms with Crippen molar-refractivity contribution in [2.45, 2.75) is 63.8 Å². The van der Waals surface area contributed by atoms with Gasteiger partial charge in [-0.25, -0.2) is 14.8 Å². The first-order valence-corrected chi connectivity index (χ1v) is 14.7. The summed E-state index contributed by atoms with van der Waals surface area (Å²) in [5.74, 6) is 1.06. The van der Waals surface area contributed by atoms with Crippen LogP contribution in [0.3, 0.4) is 0 Å². The number of anilines is 2. The Kier molecular flexibility index (Phi) is 6.90. The molecule has 3 heterocycles. The minimum absolute atomic E-state index is 0.0407. The van der Waals surface area contributed by atoms with Crippen LogP contribution >= 0.6 is 0 Å². The molecule has 2 atom stereocenters. The number of halogens is 3. The third-order valence-corrected chi connectivity index (χ3v) is 8.96. The Balaban J connectivity index is 1.39. The fourth-order valence-electron chi connectivity index (χ4n) is 6.31. The highest BCUT2D eigenvalue weighted by atomic mass is 19.4. The van der Waals surface area contributed by atoms with Gasteiger partial charge in [0, 0.05) is 13.1 Å². The number of benzene rings is 2. The lowest BCUT2D eigenvalue weighted by Gasteiger charge is -2.32. The highest BCUT2D eigenvalue weighted by Gasteiger charge is 2.33. The highest BCUT2D eigenvalue weighted by Crippen LogP contribution is 2.40. The summed E-state index contributed by atoms with van der Waals surface area (Å²) in [5.41, 5.74) is 3.43. The van der Waals surface area contributed by atoms with Crippen molar-refractivity contribution in [3.05, 3.63) is 81.3 Å². The molecule has 1 fully saturated rings. The molecule has 0 bridgehead atoms. The summed E-state index contributed by atoms with van der Waals surface area (Å²) in [7, 11) is 1.98. The van der Waals surface area contributed by atoms with Gasteiger partial charge in [-0.1, -0.05) is 48.0 Å². The van der Waals surface area contributed by atoms with E-state index in [4.69, 9.17) is 14.5 Å². The van der Waals surface area contributed by atoms with E-state index in [1.807, 2.05) is 23.7 Å². The molecule has 7 rings (SSSR count). The number of aryl methyl sites for hydroxylation is 1. The normalized spacial score (nSPS) is 17.4. The molecule has 10 nitrogen and oxygen atoms in total. The number of aromatic nitrogens is 6. The summed E-state index contributed by atoms with van der Waals surface area (Å²) in [6, 6.07) is 13.6. The van der Waals surface area contributed by atoms with Crippen molar-refractivity contribution in [3.63, 3.8) is 0 Å². The van der Waals surface area contributed by atoms with Crippen LogP contribution in [0.4, 0.5) is 24.9 Å². The second kappa shape index (κ2) is 10.8. The number of H-pyrrole nitrogens is 1. The third-order valence-electron chi connectivity index (χ3n) is 8.96. The van der Waals surface area contributed by atoms with E-state index in [1.54, 1.807) is 0 Å². The number of fused-ring (bicyclic) bond motifs is 2. The van der Waals surface area contributed by atoms with Crippen LogP contribution < -0.4 is 16.0 Å². The third kappa shape index (κ3) is 5.09. The Morgan fingerprint density at radius 1 is 1.09 bits per heavy atom. The maximum atomic E-state index is 13.3. The molecule has 2 aliphatic carbocycles. The number of hydrogen-bond donors (Lipinski definition) is 2. The molecule has 44 heavy (non-hydrogen) atoms. The molecular weight excluding hydrogens is 573 g/mol. The van der Waals surface area contributed by atoms with Crippen molar-refractivity contribution in [1.82, 2.24) is 29.7 Å². The summed E-state index contributed by atoms with van der Waals surface area (Å²) in [6.45, 7) is 2.34. The highest BCUT2D eigenvalue weighted by molar-refractivity contribution is 5.87. The van der Waals surface area contributed by atoms with Gasteiger partial charge in [0.05, 0.1) is 18.2 Å². The molecule has 13 heteroatoms. The van der Waals surface area contributed by atoms with Gasteiger partial charge in [-0.15, -0.1) is 0 Å². The van der Waals surface area contributed by atoms with Gasteiger partial charge >= 0.3 is 11.9 Å². The zero-order valence-electron chi connectivity index (χ0n) is 24.2. The standard InChI is InChI=1S/C31H31F3N8O2/c1-17(19-7-5-8-19)35-25-24-26(37-27(36-25)28-39-30(43)44-40-28)38-29(41(2)23-15-12-20-6-3-4-9-22(20)23)42(24)16-18-10-13-21(14-11-18)31(32,33)34/h3-4,6,9-11,13-14,17,19,23H,5,7-8,12,15-16H2,1-2H3,(H,35,36,37)(H,39,40,43). The topological polar surface area (TPSA) is 118 Å². The van der Waals surface area contributed by atoms with Gasteiger partial charge in [-0.05, 0) is 67.3 Å². The SMILES string of the molecule is CC(Nc1nc(-c2noc(=O)[nH]2)nc2nc(N(C)C3CCc4ccccc43)n(Cc3ccc(C(F)(F)F)cc3)c12)C1CCC1. The summed E-state index contributed by atoms with van der Waals surface area (Å²) < 4.78 is 46.7. The molecule has 2 aliphatic rings. The minimum Gasteiger partial charge on any atom is -0.365 e. The number of nitrogens with zero attached hydrogens (tertiary/aromatic N) is 6. The van der Waals surface area contributed by atoms with E-state index >= 15 is 0 Å². The predicted octanol–water partition coefficient (Wildman–Crippen LogP) is 5.96. The Bertz CT molecular complexity index is 1870. The minimum atomic E-state index is -4.43. The number of aromatic amines is 1. The molecule has 0 amide bonds. The zero-order valence-corrected chi connectivity index (χ0v) is 24.2. The number of rotatable bonds is 8.